The maximum atomic E-state index is 14.4. The summed E-state index contributed by atoms with van der Waals surface area (Å²) >= 11 is 0. The Kier molecular flexibility index (Phi) is 6.99. The average Bonchev–Trinajstić information content (AvgIpc) is 3.86. The van der Waals surface area contributed by atoms with Gasteiger partial charge in [-0.1, -0.05) is 42.8 Å². The van der Waals surface area contributed by atoms with Crippen LogP contribution in [0.5, 0.6) is 28.7 Å². The molecule has 2 bridgehead atoms. The first kappa shape index (κ1) is 31.8. The van der Waals surface area contributed by atoms with Crippen molar-refractivity contribution in [3.8, 4) is 39.9 Å². The van der Waals surface area contributed by atoms with Gasteiger partial charge in [-0.05, 0) is 113 Å². The van der Waals surface area contributed by atoms with Gasteiger partial charge in [0.05, 0.1) is 34.0 Å². The summed E-state index contributed by atoms with van der Waals surface area (Å²) in [5, 5.41) is 1.65. The third kappa shape index (κ3) is 4.41. The number of fused-ring (bicyclic) bond motifs is 13. The smallest absolute Gasteiger partial charge is 0.416 e. The molecule has 0 radical (unpaired) electrons. The highest BCUT2D eigenvalue weighted by Crippen LogP contribution is 2.69. The number of halogens is 3. The summed E-state index contributed by atoms with van der Waals surface area (Å²) in [7, 11) is 6.47. The fourth-order valence-electron chi connectivity index (χ4n) is 9.77. The van der Waals surface area contributed by atoms with Gasteiger partial charge >= 0.3 is 6.18 Å². The molecule has 3 unspecified atom stereocenters. The Morgan fingerprint density at radius 2 is 1.35 bits per heavy atom. The molecule has 1 heterocycles. The minimum absolute atomic E-state index is 0.218. The van der Waals surface area contributed by atoms with Crippen LogP contribution in [0, 0.1) is 11.8 Å². The van der Waals surface area contributed by atoms with Crippen molar-refractivity contribution in [2.75, 3.05) is 28.4 Å². The van der Waals surface area contributed by atoms with E-state index in [0.717, 1.165) is 86.9 Å². The third-order valence-electron chi connectivity index (χ3n) is 12.0. The fraction of sp³-hybridized carbons (Fsp3) is 0.302. The zero-order chi connectivity index (χ0) is 35.3. The monoisotopic (exact) mass is 690 g/mol. The largest absolute Gasteiger partial charge is 0.497 e. The molecule has 4 aliphatic rings. The van der Waals surface area contributed by atoms with Gasteiger partial charge in [-0.3, -0.25) is 0 Å². The Labute approximate surface area is 294 Å². The molecule has 0 saturated heterocycles. The van der Waals surface area contributed by atoms with Crippen LogP contribution in [0.2, 0.25) is 0 Å². The Morgan fingerprint density at radius 1 is 0.725 bits per heavy atom. The second-order valence-corrected chi connectivity index (χ2v) is 14.2. The number of hydrogen-bond acceptors (Lipinski definition) is 5. The topological polar surface area (TPSA) is 46.2 Å². The standard InChI is InChI=1S/C43H37F3O5/c1-47-29-12-7-25(8-13-29)42(26-9-14-30(48-2)15-10-26)18-17-32-39-38(33-21-36(49-3)37(50-4)22-34(33)40(32)51-42)31-16-11-28(43(44,45)46)20-35(31)41(39)23-24-5-6-27(41)19-24/h7-18,20-22,24,27H,5-6,19,23H2,1-4H3. The Balaban J connectivity index is 1.38. The molecule has 51 heavy (non-hydrogen) atoms. The van der Waals surface area contributed by atoms with Gasteiger partial charge < -0.3 is 23.7 Å². The molecule has 5 nitrogen and oxygen atoms in total. The van der Waals surface area contributed by atoms with Crippen LogP contribution in [-0.4, -0.2) is 28.4 Å². The molecule has 260 valence electrons. The highest BCUT2D eigenvalue weighted by Gasteiger charge is 2.59. The normalized spacial score (nSPS) is 22.0. The molecule has 5 aromatic rings. The first-order chi connectivity index (χ1) is 24.6. The van der Waals surface area contributed by atoms with E-state index in [9.17, 15) is 13.2 Å². The first-order valence-electron chi connectivity index (χ1n) is 17.3. The second kappa shape index (κ2) is 11.2. The van der Waals surface area contributed by atoms with Crippen LogP contribution < -0.4 is 23.7 Å². The summed E-state index contributed by atoms with van der Waals surface area (Å²) in [4.78, 5) is 0. The van der Waals surface area contributed by atoms with Crippen LogP contribution in [0.15, 0.2) is 84.9 Å². The molecule has 1 spiro atoms. The first-order valence-corrected chi connectivity index (χ1v) is 17.3. The molecule has 0 amide bonds. The summed E-state index contributed by atoms with van der Waals surface area (Å²) in [5.41, 5.74) is 4.07. The van der Waals surface area contributed by atoms with Crippen LogP contribution in [0.25, 0.3) is 28.0 Å². The molecule has 0 N–H and O–H groups in total. The summed E-state index contributed by atoms with van der Waals surface area (Å²) in [5.74, 6) is 3.84. The van der Waals surface area contributed by atoms with Crippen LogP contribution in [0.3, 0.4) is 0 Å². The summed E-state index contributed by atoms with van der Waals surface area (Å²) in [6, 6.07) is 23.9. The van der Waals surface area contributed by atoms with Crippen molar-refractivity contribution in [2.24, 2.45) is 11.8 Å². The SMILES string of the molecule is COc1ccc(C2(c3ccc(OC)cc3)C=Cc3c4c(c5cc(OC)c(OC)cc5c3O2)-c2ccc(C(F)(F)F)cc2C42CC3CCC2C3)cc1. The van der Waals surface area contributed by atoms with E-state index in [4.69, 9.17) is 23.7 Å². The van der Waals surface area contributed by atoms with Crippen LogP contribution in [0.1, 0.15) is 59.1 Å². The molecule has 5 aromatic carbocycles. The predicted molar refractivity (Wildman–Crippen MR) is 190 cm³/mol. The minimum Gasteiger partial charge on any atom is -0.497 e. The van der Waals surface area contributed by atoms with E-state index < -0.39 is 22.8 Å². The number of methoxy groups -OCH3 is 4. The maximum Gasteiger partial charge on any atom is 0.416 e. The van der Waals surface area contributed by atoms with Crippen molar-refractivity contribution in [1.29, 1.82) is 0 Å². The van der Waals surface area contributed by atoms with E-state index in [0.29, 0.717) is 23.2 Å². The van der Waals surface area contributed by atoms with Crippen molar-refractivity contribution in [2.45, 2.75) is 42.9 Å². The van der Waals surface area contributed by atoms with Gasteiger partial charge in [0.2, 0.25) is 0 Å². The zero-order valence-electron chi connectivity index (χ0n) is 28.8. The molecular weight excluding hydrogens is 653 g/mol. The molecule has 2 fully saturated rings. The van der Waals surface area contributed by atoms with Gasteiger partial charge in [0.25, 0.3) is 0 Å². The molecule has 1 aliphatic heterocycles. The van der Waals surface area contributed by atoms with Crippen molar-refractivity contribution in [1.82, 2.24) is 0 Å². The van der Waals surface area contributed by atoms with E-state index in [-0.39, 0.29) is 5.92 Å². The van der Waals surface area contributed by atoms with Gasteiger partial charge in [-0.2, -0.15) is 13.2 Å². The van der Waals surface area contributed by atoms with E-state index in [1.54, 1.807) is 34.5 Å². The van der Waals surface area contributed by atoms with Crippen molar-refractivity contribution in [3.05, 3.63) is 118 Å². The van der Waals surface area contributed by atoms with Gasteiger partial charge in [0.1, 0.15) is 17.2 Å². The molecule has 3 aliphatic carbocycles. The highest BCUT2D eigenvalue weighted by atomic mass is 19.4. The highest BCUT2D eigenvalue weighted by molar-refractivity contribution is 6.10. The minimum atomic E-state index is -4.46. The molecule has 3 atom stereocenters. The molecule has 2 saturated carbocycles. The fourth-order valence-corrected chi connectivity index (χ4v) is 9.77. The predicted octanol–water partition coefficient (Wildman–Crippen LogP) is 10.3. The lowest BCUT2D eigenvalue weighted by Crippen LogP contribution is -2.36. The number of hydrogen-bond donors (Lipinski definition) is 0. The van der Waals surface area contributed by atoms with Gasteiger partial charge in [-0.25, -0.2) is 0 Å². The lowest BCUT2D eigenvalue weighted by atomic mass is 9.65. The second-order valence-electron chi connectivity index (χ2n) is 14.2. The van der Waals surface area contributed by atoms with Crippen LogP contribution in [0.4, 0.5) is 13.2 Å². The Bertz CT molecular complexity index is 2190. The van der Waals surface area contributed by atoms with E-state index in [1.807, 2.05) is 60.7 Å². The van der Waals surface area contributed by atoms with Crippen molar-refractivity contribution >= 4 is 16.8 Å². The number of benzene rings is 5. The Morgan fingerprint density at radius 3 is 1.88 bits per heavy atom. The number of ether oxygens (including phenoxy) is 5. The van der Waals surface area contributed by atoms with Gasteiger partial charge in [0, 0.05) is 27.5 Å². The van der Waals surface area contributed by atoms with E-state index in [2.05, 4.69) is 12.2 Å². The quantitative estimate of drug-likeness (QED) is 0.178. The van der Waals surface area contributed by atoms with Crippen LogP contribution >= 0.6 is 0 Å². The summed E-state index contributed by atoms with van der Waals surface area (Å²) in [6.45, 7) is 0. The average molecular weight is 691 g/mol. The third-order valence-corrected chi connectivity index (χ3v) is 12.0. The van der Waals surface area contributed by atoms with Crippen LogP contribution in [-0.2, 0) is 17.2 Å². The summed E-state index contributed by atoms with van der Waals surface area (Å²) in [6.07, 6.45) is 3.66. The maximum absolute atomic E-state index is 14.4. The van der Waals surface area contributed by atoms with E-state index in [1.165, 1.54) is 12.1 Å². The molecule has 0 aromatic heterocycles. The van der Waals surface area contributed by atoms with Crippen molar-refractivity contribution in [3.63, 3.8) is 0 Å². The zero-order valence-corrected chi connectivity index (χ0v) is 28.8. The van der Waals surface area contributed by atoms with Crippen molar-refractivity contribution < 1.29 is 36.9 Å². The lowest BCUT2D eigenvalue weighted by molar-refractivity contribution is -0.137. The van der Waals surface area contributed by atoms with Gasteiger partial charge in [0.15, 0.2) is 17.1 Å². The molecular formula is C43H37F3O5. The summed E-state index contributed by atoms with van der Waals surface area (Å²) < 4.78 is 73.3. The van der Waals surface area contributed by atoms with Gasteiger partial charge in [-0.15, -0.1) is 0 Å². The Hall–Kier alpha value is -5.11. The molecule has 9 rings (SSSR count). The number of alkyl halides is 3. The lowest BCUT2D eigenvalue weighted by Gasteiger charge is -2.41. The van der Waals surface area contributed by atoms with E-state index >= 15 is 0 Å². The number of rotatable bonds is 6. The molecule has 8 heteroatoms.